The second-order valence-electron chi connectivity index (χ2n) is 3.14. The highest BCUT2D eigenvalue weighted by Crippen LogP contribution is 2.16. The average Bonchev–Trinajstić information content (AvgIpc) is 2.12. The summed E-state index contributed by atoms with van der Waals surface area (Å²) in [6.07, 6.45) is 0.990. The number of anilines is 2. The molecule has 0 fully saturated rings. The number of nitrogens with two attached hydrogens (primary N) is 2. The Balaban J connectivity index is 2.53. The van der Waals surface area contributed by atoms with E-state index in [0.717, 1.165) is 36.4 Å². The van der Waals surface area contributed by atoms with Crippen LogP contribution in [0.1, 0.15) is 12.0 Å². The lowest BCUT2D eigenvalue weighted by Crippen LogP contribution is -2.08. The van der Waals surface area contributed by atoms with Crippen molar-refractivity contribution < 1.29 is 0 Å². The van der Waals surface area contributed by atoms with Crippen LogP contribution in [-0.2, 0) is 0 Å². The van der Waals surface area contributed by atoms with Crippen molar-refractivity contribution in [1.29, 1.82) is 0 Å². The van der Waals surface area contributed by atoms with Gasteiger partial charge in [0.05, 0.1) is 0 Å². The van der Waals surface area contributed by atoms with Crippen LogP contribution in [0.15, 0.2) is 18.2 Å². The highest BCUT2D eigenvalue weighted by atomic mass is 14.9. The van der Waals surface area contributed by atoms with Crippen LogP contribution in [0.25, 0.3) is 0 Å². The molecule has 1 rings (SSSR count). The van der Waals surface area contributed by atoms with Crippen molar-refractivity contribution in [3.05, 3.63) is 23.8 Å². The van der Waals surface area contributed by atoms with Crippen molar-refractivity contribution in [1.82, 2.24) is 0 Å². The minimum atomic E-state index is 0.723. The Kier molecular flexibility index (Phi) is 3.58. The van der Waals surface area contributed by atoms with Crippen molar-refractivity contribution in [3.8, 4) is 0 Å². The standard InChI is InChI=1S/C10H17N3/c1-8-7-9(3-4-10(8)12)13-6-2-5-11/h3-4,7,13H,2,5-6,11-12H2,1H3. The minimum Gasteiger partial charge on any atom is -0.399 e. The molecular formula is C10H17N3. The minimum absolute atomic E-state index is 0.723. The fraction of sp³-hybridized carbons (Fsp3) is 0.400. The molecule has 0 aliphatic carbocycles. The molecule has 13 heavy (non-hydrogen) atoms. The van der Waals surface area contributed by atoms with E-state index in [0.29, 0.717) is 0 Å². The van der Waals surface area contributed by atoms with Crippen molar-refractivity contribution >= 4 is 11.4 Å². The van der Waals surface area contributed by atoms with Gasteiger partial charge in [-0.3, -0.25) is 0 Å². The highest BCUT2D eigenvalue weighted by molar-refractivity contribution is 5.56. The van der Waals surface area contributed by atoms with E-state index in [1.807, 2.05) is 25.1 Å². The lowest BCUT2D eigenvalue weighted by atomic mass is 10.2. The second-order valence-corrected chi connectivity index (χ2v) is 3.14. The number of nitrogens with one attached hydrogen (secondary N) is 1. The largest absolute Gasteiger partial charge is 0.399 e. The first-order valence-corrected chi connectivity index (χ1v) is 4.54. The Morgan fingerprint density at radius 2 is 2.15 bits per heavy atom. The van der Waals surface area contributed by atoms with Crippen LogP contribution in [0.2, 0.25) is 0 Å². The third-order valence-corrected chi connectivity index (χ3v) is 1.98. The van der Waals surface area contributed by atoms with Crippen molar-refractivity contribution in [3.63, 3.8) is 0 Å². The van der Waals surface area contributed by atoms with Gasteiger partial charge in [-0.25, -0.2) is 0 Å². The van der Waals surface area contributed by atoms with E-state index in [4.69, 9.17) is 11.5 Å². The first-order chi connectivity index (χ1) is 6.24. The van der Waals surface area contributed by atoms with E-state index in [9.17, 15) is 0 Å². The molecule has 3 nitrogen and oxygen atoms in total. The number of rotatable bonds is 4. The molecule has 1 aromatic carbocycles. The number of benzene rings is 1. The second kappa shape index (κ2) is 4.72. The summed E-state index contributed by atoms with van der Waals surface area (Å²) < 4.78 is 0. The lowest BCUT2D eigenvalue weighted by molar-refractivity contribution is 0.874. The fourth-order valence-electron chi connectivity index (χ4n) is 1.12. The zero-order valence-electron chi connectivity index (χ0n) is 8.01. The summed E-state index contributed by atoms with van der Waals surface area (Å²) in [5.41, 5.74) is 14.1. The monoisotopic (exact) mass is 179 g/mol. The van der Waals surface area contributed by atoms with E-state index < -0.39 is 0 Å². The molecule has 0 aliphatic heterocycles. The number of hydrogen-bond donors (Lipinski definition) is 3. The predicted molar refractivity (Wildman–Crippen MR) is 57.8 cm³/mol. The molecule has 0 atom stereocenters. The maximum atomic E-state index is 5.70. The predicted octanol–water partition coefficient (Wildman–Crippen LogP) is 1.34. The highest BCUT2D eigenvalue weighted by Gasteiger charge is 1.95. The summed E-state index contributed by atoms with van der Waals surface area (Å²) in [5, 5.41) is 3.28. The summed E-state index contributed by atoms with van der Waals surface area (Å²) in [6.45, 7) is 3.64. The van der Waals surface area contributed by atoms with Gasteiger partial charge in [-0.2, -0.15) is 0 Å². The Bertz CT molecular complexity index is 271. The van der Waals surface area contributed by atoms with E-state index in [2.05, 4.69) is 5.32 Å². The summed E-state index contributed by atoms with van der Waals surface area (Å²) in [5.74, 6) is 0. The molecule has 0 bridgehead atoms. The number of hydrogen-bond acceptors (Lipinski definition) is 3. The van der Waals surface area contributed by atoms with Gasteiger partial charge in [-0.15, -0.1) is 0 Å². The molecule has 0 heterocycles. The summed E-state index contributed by atoms with van der Waals surface area (Å²) in [7, 11) is 0. The zero-order valence-corrected chi connectivity index (χ0v) is 8.01. The van der Waals surface area contributed by atoms with E-state index in [1.54, 1.807) is 0 Å². The summed E-state index contributed by atoms with van der Waals surface area (Å²) in [4.78, 5) is 0. The van der Waals surface area contributed by atoms with Gasteiger partial charge in [0.15, 0.2) is 0 Å². The van der Waals surface area contributed by atoms with Gasteiger partial charge < -0.3 is 16.8 Å². The Hall–Kier alpha value is -1.22. The molecule has 1 aromatic rings. The van der Waals surface area contributed by atoms with Crippen LogP contribution >= 0.6 is 0 Å². The molecule has 0 unspecified atom stereocenters. The van der Waals surface area contributed by atoms with Crippen LogP contribution in [0, 0.1) is 6.92 Å². The zero-order chi connectivity index (χ0) is 9.68. The van der Waals surface area contributed by atoms with E-state index in [-0.39, 0.29) is 0 Å². The molecular weight excluding hydrogens is 162 g/mol. The van der Waals surface area contributed by atoms with E-state index in [1.165, 1.54) is 0 Å². The van der Waals surface area contributed by atoms with Gasteiger partial charge in [0, 0.05) is 17.9 Å². The first-order valence-electron chi connectivity index (χ1n) is 4.54. The third kappa shape index (κ3) is 2.95. The van der Waals surface area contributed by atoms with Crippen LogP contribution in [0.5, 0.6) is 0 Å². The van der Waals surface area contributed by atoms with Gasteiger partial charge >= 0.3 is 0 Å². The SMILES string of the molecule is Cc1cc(NCCCN)ccc1N. The molecule has 0 saturated carbocycles. The van der Waals surface area contributed by atoms with Crippen molar-refractivity contribution in [2.45, 2.75) is 13.3 Å². The summed E-state index contributed by atoms with van der Waals surface area (Å²) >= 11 is 0. The average molecular weight is 179 g/mol. The van der Waals surface area contributed by atoms with Crippen molar-refractivity contribution in [2.24, 2.45) is 5.73 Å². The molecule has 0 saturated heterocycles. The lowest BCUT2D eigenvalue weighted by Gasteiger charge is -2.07. The van der Waals surface area contributed by atoms with Crippen LogP contribution in [-0.4, -0.2) is 13.1 Å². The normalized spacial score (nSPS) is 10.0. The Morgan fingerprint density at radius 3 is 2.77 bits per heavy atom. The molecule has 72 valence electrons. The molecule has 0 aliphatic rings. The smallest absolute Gasteiger partial charge is 0.0345 e. The molecule has 0 spiro atoms. The first kappa shape index (κ1) is 9.86. The quantitative estimate of drug-likeness (QED) is 0.482. The van der Waals surface area contributed by atoms with Crippen LogP contribution < -0.4 is 16.8 Å². The summed E-state index contributed by atoms with van der Waals surface area (Å²) in [6, 6.07) is 5.95. The maximum absolute atomic E-state index is 5.70. The van der Waals surface area contributed by atoms with Crippen molar-refractivity contribution in [2.75, 3.05) is 24.1 Å². The maximum Gasteiger partial charge on any atom is 0.0345 e. The van der Waals surface area contributed by atoms with Gasteiger partial charge in [0.1, 0.15) is 0 Å². The molecule has 0 aromatic heterocycles. The Labute approximate surface area is 79.1 Å². The Morgan fingerprint density at radius 1 is 1.38 bits per heavy atom. The van der Waals surface area contributed by atoms with E-state index >= 15 is 0 Å². The topological polar surface area (TPSA) is 64.1 Å². The van der Waals surface area contributed by atoms with Crippen LogP contribution in [0.3, 0.4) is 0 Å². The van der Waals surface area contributed by atoms with Gasteiger partial charge in [0.25, 0.3) is 0 Å². The molecule has 0 amide bonds. The van der Waals surface area contributed by atoms with Gasteiger partial charge in [-0.05, 0) is 43.7 Å². The van der Waals surface area contributed by atoms with Gasteiger partial charge in [-0.1, -0.05) is 0 Å². The third-order valence-electron chi connectivity index (χ3n) is 1.98. The molecule has 0 radical (unpaired) electrons. The molecule has 5 N–H and O–H groups in total. The molecule has 3 heteroatoms. The van der Waals surface area contributed by atoms with Crippen LogP contribution in [0.4, 0.5) is 11.4 Å². The van der Waals surface area contributed by atoms with Gasteiger partial charge in [0.2, 0.25) is 0 Å². The number of nitrogen functional groups attached to an aromatic ring is 1. The fourth-order valence-corrected chi connectivity index (χ4v) is 1.12. The number of aryl methyl sites for hydroxylation is 1.